The van der Waals surface area contributed by atoms with Crippen LogP contribution in [0.5, 0.6) is 0 Å². The fourth-order valence-electron chi connectivity index (χ4n) is 5.57. The first-order chi connectivity index (χ1) is 15.5. The van der Waals surface area contributed by atoms with Crippen molar-refractivity contribution in [2.75, 3.05) is 0 Å². The molecule has 0 saturated heterocycles. The highest BCUT2D eigenvalue weighted by molar-refractivity contribution is 6.21. The zero-order valence-corrected chi connectivity index (χ0v) is 19.2. The number of aromatic nitrogens is 4. The van der Waals surface area contributed by atoms with Gasteiger partial charge in [0.1, 0.15) is 17.4 Å². The van der Waals surface area contributed by atoms with Crippen molar-refractivity contribution >= 4 is 32.8 Å². The number of benzene rings is 3. The minimum Gasteiger partial charge on any atom is -0.317 e. The van der Waals surface area contributed by atoms with Gasteiger partial charge in [0.15, 0.2) is 5.65 Å². The number of nitrogens with zero attached hydrogens (tertiary/aromatic N) is 4. The Morgan fingerprint density at radius 3 is 2.06 bits per heavy atom. The Bertz CT molecular complexity index is 1650. The lowest BCUT2D eigenvalue weighted by atomic mass is 10.1. The van der Waals surface area contributed by atoms with Gasteiger partial charge in [-0.2, -0.15) is 4.57 Å². The van der Waals surface area contributed by atoms with E-state index in [2.05, 4.69) is 126 Å². The van der Waals surface area contributed by atoms with Gasteiger partial charge in [-0.3, -0.25) is 0 Å². The summed E-state index contributed by atoms with van der Waals surface area (Å²) in [5.41, 5.74) is 8.79. The number of para-hydroxylation sites is 2. The molecule has 0 unspecified atom stereocenters. The molecule has 0 atom stereocenters. The van der Waals surface area contributed by atoms with E-state index < -0.39 is 0 Å². The van der Waals surface area contributed by atoms with Gasteiger partial charge in [0.25, 0.3) is 0 Å². The zero-order chi connectivity index (χ0) is 22.1. The number of imidazole rings is 1. The van der Waals surface area contributed by atoms with Crippen molar-refractivity contribution in [2.24, 2.45) is 14.1 Å². The fraction of sp³-hybridized carbons (Fsp3) is 0.179. The molecule has 0 spiro atoms. The van der Waals surface area contributed by atoms with E-state index in [0.29, 0.717) is 0 Å². The van der Waals surface area contributed by atoms with E-state index >= 15 is 0 Å². The summed E-state index contributed by atoms with van der Waals surface area (Å²) < 4.78 is 9.32. The predicted octanol–water partition coefficient (Wildman–Crippen LogP) is 5.82. The van der Waals surface area contributed by atoms with Crippen LogP contribution >= 0.6 is 0 Å². The molecule has 3 heterocycles. The molecule has 6 rings (SSSR count). The van der Waals surface area contributed by atoms with E-state index in [1.165, 1.54) is 55.2 Å². The van der Waals surface area contributed by atoms with Gasteiger partial charge in [0.2, 0.25) is 0 Å². The maximum atomic E-state index is 2.42. The van der Waals surface area contributed by atoms with E-state index in [1.807, 2.05) is 0 Å². The van der Waals surface area contributed by atoms with E-state index in [1.54, 1.807) is 0 Å². The number of fused-ring (bicyclic) bond motifs is 5. The molecule has 0 radical (unpaired) electrons. The summed E-state index contributed by atoms with van der Waals surface area (Å²) >= 11 is 0. The molecule has 0 amide bonds. The Kier molecular flexibility index (Phi) is 3.91. The lowest BCUT2D eigenvalue weighted by Crippen LogP contribution is -2.33. The third-order valence-corrected chi connectivity index (χ3v) is 6.75. The molecule has 0 N–H and O–H groups in total. The second kappa shape index (κ2) is 6.60. The largest absolute Gasteiger partial charge is 0.375 e. The van der Waals surface area contributed by atoms with Crippen LogP contribution in [0.1, 0.15) is 16.7 Å². The van der Waals surface area contributed by atoms with Gasteiger partial charge in [-0.15, -0.1) is 0 Å². The molecule has 0 aliphatic rings. The molecule has 158 valence electrons. The van der Waals surface area contributed by atoms with Gasteiger partial charge in [-0.05, 0) is 44.0 Å². The van der Waals surface area contributed by atoms with Gasteiger partial charge in [0, 0.05) is 17.8 Å². The minimum atomic E-state index is 1.12. The van der Waals surface area contributed by atoms with Crippen LogP contribution in [0.3, 0.4) is 0 Å². The molecule has 3 aromatic carbocycles. The molecule has 0 bridgehead atoms. The van der Waals surface area contributed by atoms with Crippen molar-refractivity contribution in [3.63, 3.8) is 0 Å². The molecule has 0 fully saturated rings. The number of hydrogen-bond acceptors (Lipinski definition) is 0. The van der Waals surface area contributed by atoms with Crippen LogP contribution in [0, 0.1) is 20.8 Å². The van der Waals surface area contributed by atoms with Crippen molar-refractivity contribution in [3.05, 3.63) is 89.7 Å². The standard InChI is InChI=1S/C28H27N4/c1-18-16-19(2)26(20(3)17-18)31-15-14-29(4)28(31)32-24-13-9-7-11-22(24)25-21-10-6-8-12-23(21)30(5)27(25)32/h6-17H,1-5H3/q+1. The third kappa shape index (κ3) is 2.41. The van der Waals surface area contributed by atoms with Gasteiger partial charge in [-0.1, -0.05) is 54.1 Å². The maximum Gasteiger partial charge on any atom is 0.375 e. The van der Waals surface area contributed by atoms with Crippen molar-refractivity contribution < 1.29 is 4.57 Å². The van der Waals surface area contributed by atoms with Crippen molar-refractivity contribution in [2.45, 2.75) is 20.8 Å². The molecule has 3 aromatic heterocycles. The van der Waals surface area contributed by atoms with Crippen molar-refractivity contribution in [3.8, 4) is 11.6 Å². The maximum absolute atomic E-state index is 2.42. The van der Waals surface area contributed by atoms with E-state index in [9.17, 15) is 0 Å². The van der Waals surface area contributed by atoms with E-state index in [4.69, 9.17) is 0 Å². The smallest absolute Gasteiger partial charge is 0.317 e. The number of aryl methyl sites for hydroxylation is 5. The molecular weight excluding hydrogens is 392 g/mol. The summed E-state index contributed by atoms with van der Waals surface area (Å²) in [7, 11) is 4.31. The monoisotopic (exact) mass is 419 g/mol. The van der Waals surface area contributed by atoms with E-state index in [-0.39, 0.29) is 0 Å². The molecule has 4 heteroatoms. The van der Waals surface area contributed by atoms with Gasteiger partial charge in [0.05, 0.1) is 24.1 Å². The summed E-state index contributed by atoms with van der Waals surface area (Å²) in [5.74, 6) is 1.12. The highest BCUT2D eigenvalue weighted by Crippen LogP contribution is 2.38. The molecule has 6 aromatic rings. The Balaban J connectivity index is 1.82. The average molecular weight is 420 g/mol. The molecule has 0 saturated carbocycles. The lowest BCUT2D eigenvalue weighted by molar-refractivity contribution is -0.664. The average Bonchev–Trinajstić information content (AvgIpc) is 3.39. The number of hydrogen-bond donors (Lipinski definition) is 0. The van der Waals surface area contributed by atoms with Crippen LogP contribution in [0.25, 0.3) is 44.5 Å². The normalized spacial score (nSPS) is 11.9. The van der Waals surface area contributed by atoms with Crippen LogP contribution in [0.2, 0.25) is 0 Å². The molecule has 0 aliphatic heterocycles. The second-order valence-electron chi connectivity index (χ2n) is 8.95. The Morgan fingerprint density at radius 2 is 1.38 bits per heavy atom. The molecule has 0 aliphatic carbocycles. The van der Waals surface area contributed by atoms with Crippen LogP contribution in [-0.2, 0) is 14.1 Å². The lowest BCUT2D eigenvalue weighted by Gasteiger charge is -2.12. The van der Waals surface area contributed by atoms with E-state index in [0.717, 1.165) is 5.95 Å². The first-order valence-electron chi connectivity index (χ1n) is 11.1. The highest BCUT2D eigenvalue weighted by Gasteiger charge is 2.29. The Hall–Kier alpha value is -3.79. The fourth-order valence-corrected chi connectivity index (χ4v) is 5.57. The van der Waals surface area contributed by atoms with Crippen LogP contribution < -0.4 is 4.57 Å². The Morgan fingerprint density at radius 1 is 0.781 bits per heavy atom. The van der Waals surface area contributed by atoms with Crippen molar-refractivity contribution in [1.29, 1.82) is 0 Å². The topological polar surface area (TPSA) is 18.7 Å². The summed E-state index contributed by atoms with van der Waals surface area (Å²) in [6.07, 6.45) is 4.33. The summed E-state index contributed by atoms with van der Waals surface area (Å²) in [4.78, 5) is 0. The van der Waals surface area contributed by atoms with Crippen LogP contribution in [0.15, 0.2) is 73.1 Å². The first-order valence-corrected chi connectivity index (χ1v) is 11.1. The summed E-state index contributed by atoms with van der Waals surface area (Å²) in [5, 5.41) is 3.89. The molecule has 4 nitrogen and oxygen atoms in total. The van der Waals surface area contributed by atoms with Crippen molar-refractivity contribution in [1.82, 2.24) is 13.7 Å². The zero-order valence-electron chi connectivity index (χ0n) is 19.2. The van der Waals surface area contributed by atoms with Crippen LogP contribution in [-0.4, -0.2) is 13.7 Å². The van der Waals surface area contributed by atoms with Crippen LogP contribution in [0.4, 0.5) is 0 Å². The van der Waals surface area contributed by atoms with Gasteiger partial charge < -0.3 is 4.57 Å². The van der Waals surface area contributed by atoms with Gasteiger partial charge in [-0.25, -0.2) is 9.13 Å². The molecular formula is C28H27N4+. The summed E-state index contributed by atoms with van der Waals surface area (Å²) in [6, 6.07) is 22.0. The quantitative estimate of drug-likeness (QED) is 0.315. The first kappa shape index (κ1) is 18.9. The molecule has 32 heavy (non-hydrogen) atoms. The predicted molar refractivity (Wildman–Crippen MR) is 132 cm³/mol. The minimum absolute atomic E-state index is 1.12. The van der Waals surface area contributed by atoms with Gasteiger partial charge >= 0.3 is 5.95 Å². The highest BCUT2D eigenvalue weighted by atomic mass is 15.3. The third-order valence-electron chi connectivity index (χ3n) is 6.75. The SMILES string of the molecule is Cc1cc(C)c(-n2cc[n+](C)c2-n2c3ccccc3c3c4ccccc4n(C)c32)c(C)c1. The summed E-state index contributed by atoms with van der Waals surface area (Å²) in [6.45, 7) is 6.58. The number of rotatable bonds is 2. The second-order valence-corrected chi connectivity index (χ2v) is 8.95. The Labute approximate surface area is 187 Å².